The van der Waals surface area contributed by atoms with Crippen molar-refractivity contribution in [3.8, 4) is 11.8 Å². The molecule has 0 aliphatic rings. The lowest BCUT2D eigenvalue weighted by Crippen LogP contribution is -2.14. The Labute approximate surface area is 193 Å². The molecule has 0 saturated heterocycles. The third-order valence-corrected chi connectivity index (χ3v) is 5.33. The fourth-order valence-corrected chi connectivity index (χ4v) is 4.47. The van der Waals surface area contributed by atoms with Crippen LogP contribution in [0.2, 0.25) is 5.02 Å². The molecule has 0 spiro atoms. The molecule has 0 bridgehead atoms. The molecule has 0 radical (unpaired) electrons. The molecule has 0 aromatic heterocycles. The predicted octanol–water partition coefficient (Wildman–Crippen LogP) is 5.40. The molecule has 0 fully saturated rings. The largest absolute Gasteiger partial charge is 0.492 e. The van der Waals surface area contributed by atoms with E-state index in [1.807, 2.05) is 13.0 Å². The summed E-state index contributed by atoms with van der Waals surface area (Å²) in [6.45, 7) is 2.41. The summed E-state index contributed by atoms with van der Waals surface area (Å²) in [7, 11) is 0. The van der Waals surface area contributed by atoms with E-state index in [-0.39, 0.29) is 22.0 Å². The molecule has 0 saturated carbocycles. The second-order valence-corrected chi connectivity index (χ2v) is 8.02. The number of rotatable bonds is 6. The first-order valence-electron chi connectivity index (χ1n) is 7.75. The number of non-ortho nitro benzene ring substituents is 1. The van der Waals surface area contributed by atoms with Crippen LogP contribution in [0, 0.1) is 28.6 Å². The number of ether oxygens (including phenoxy) is 1. The van der Waals surface area contributed by atoms with Gasteiger partial charge in [0.1, 0.15) is 17.4 Å². The number of amides is 1. The number of nitro benzene ring substituents is 1. The van der Waals surface area contributed by atoms with Crippen molar-refractivity contribution >= 4 is 80.1 Å². The number of hydrogen-bond acceptors (Lipinski definition) is 5. The summed E-state index contributed by atoms with van der Waals surface area (Å²) >= 11 is 10.2. The van der Waals surface area contributed by atoms with Crippen LogP contribution in [-0.2, 0) is 4.79 Å². The van der Waals surface area contributed by atoms with Crippen LogP contribution in [-0.4, -0.2) is 17.4 Å². The maximum atomic E-state index is 12.5. The first kappa shape index (κ1) is 22.4. The third kappa shape index (κ3) is 5.55. The number of nitrogens with one attached hydrogen (secondary N) is 1. The smallest absolute Gasteiger partial charge is 0.271 e. The zero-order valence-electron chi connectivity index (χ0n) is 14.3. The minimum Gasteiger partial charge on any atom is -0.492 e. The van der Waals surface area contributed by atoms with E-state index in [9.17, 15) is 20.2 Å². The monoisotopic (exact) mass is 623 g/mol. The van der Waals surface area contributed by atoms with E-state index in [0.717, 1.165) is 19.0 Å². The Kier molecular flexibility index (Phi) is 8.02. The summed E-state index contributed by atoms with van der Waals surface area (Å²) < 4.78 is 7.26. The second kappa shape index (κ2) is 10.0. The highest BCUT2D eigenvalue weighted by Gasteiger charge is 2.16. The first-order chi connectivity index (χ1) is 13.3. The molecule has 10 heteroatoms. The van der Waals surface area contributed by atoms with Crippen LogP contribution in [0.5, 0.6) is 5.75 Å². The number of carbonyl (C=O) groups is 1. The number of carbonyl (C=O) groups excluding carboxylic acids is 1. The van der Waals surface area contributed by atoms with Crippen molar-refractivity contribution in [2.75, 3.05) is 11.9 Å². The number of nitriles is 1. The van der Waals surface area contributed by atoms with Gasteiger partial charge < -0.3 is 10.1 Å². The van der Waals surface area contributed by atoms with E-state index in [1.54, 1.807) is 12.1 Å². The van der Waals surface area contributed by atoms with E-state index in [0.29, 0.717) is 12.2 Å². The zero-order chi connectivity index (χ0) is 20.8. The van der Waals surface area contributed by atoms with E-state index in [1.165, 1.54) is 18.2 Å². The van der Waals surface area contributed by atoms with Crippen LogP contribution >= 0.6 is 56.8 Å². The Hall–Kier alpha value is -1.91. The molecule has 0 unspecified atom stereocenters. The number of anilines is 1. The van der Waals surface area contributed by atoms with Crippen molar-refractivity contribution in [3.05, 3.63) is 63.7 Å². The molecule has 0 aliphatic carbocycles. The van der Waals surface area contributed by atoms with Crippen molar-refractivity contribution in [2.45, 2.75) is 6.92 Å². The van der Waals surface area contributed by atoms with E-state index in [4.69, 9.17) is 16.3 Å². The zero-order valence-corrected chi connectivity index (χ0v) is 19.4. The minimum atomic E-state index is -0.719. The summed E-state index contributed by atoms with van der Waals surface area (Å²) in [5.74, 6) is 0.0241. The summed E-state index contributed by atoms with van der Waals surface area (Å²) in [5.41, 5.74) is 0.308. The number of nitrogens with zero attached hydrogens (tertiary/aromatic N) is 2. The van der Waals surface area contributed by atoms with Gasteiger partial charge in [0.15, 0.2) is 0 Å². The molecule has 2 aromatic rings. The van der Waals surface area contributed by atoms with Gasteiger partial charge in [-0.1, -0.05) is 11.6 Å². The Morgan fingerprint density at radius 3 is 2.54 bits per heavy atom. The van der Waals surface area contributed by atoms with Gasteiger partial charge in [0.2, 0.25) is 0 Å². The second-order valence-electron chi connectivity index (χ2n) is 5.29. The van der Waals surface area contributed by atoms with E-state index >= 15 is 0 Å². The number of hydrogen-bond donors (Lipinski definition) is 1. The van der Waals surface area contributed by atoms with Crippen LogP contribution in [0.1, 0.15) is 12.5 Å². The SMILES string of the molecule is CCOc1c(I)cc(/C=C(\C#N)C(=O)Nc2cc([N+](=O)[O-])ccc2Cl)cc1I. The molecular formula is C18H12ClI2N3O4. The predicted molar refractivity (Wildman–Crippen MR) is 123 cm³/mol. The summed E-state index contributed by atoms with van der Waals surface area (Å²) in [6.07, 6.45) is 1.43. The normalized spacial score (nSPS) is 10.9. The Morgan fingerprint density at radius 2 is 2.00 bits per heavy atom. The van der Waals surface area contributed by atoms with Crippen molar-refractivity contribution < 1.29 is 14.5 Å². The molecule has 0 heterocycles. The summed E-state index contributed by atoms with van der Waals surface area (Å²) in [6, 6.07) is 9.09. The fraction of sp³-hybridized carbons (Fsp3) is 0.111. The van der Waals surface area contributed by atoms with Gasteiger partial charge in [-0.05, 0) is 81.9 Å². The van der Waals surface area contributed by atoms with Gasteiger partial charge in [-0.2, -0.15) is 5.26 Å². The highest BCUT2D eigenvalue weighted by Crippen LogP contribution is 2.30. The average molecular weight is 624 g/mol. The number of halogens is 3. The molecular weight excluding hydrogens is 611 g/mol. The highest BCUT2D eigenvalue weighted by atomic mass is 127. The van der Waals surface area contributed by atoms with Crippen molar-refractivity contribution in [3.63, 3.8) is 0 Å². The molecule has 0 atom stereocenters. The van der Waals surface area contributed by atoms with Gasteiger partial charge in [0.25, 0.3) is 11.6 Å². The van der Waals surface area contributed by atoms with E-state index in [2.05, 4.69) is 50.5 Å². The van der Waals surface area contributed by atoms with Gasteiger partial charge in [0.05, 0.1) is 29.4 Å². The van der Waals surface area contributed by atoms with Crippen LogP contribution in [0.3, 0.4) is 0 Å². The van der Waals surface area contributed by atoms with Crippen LogP contribution in [0.25, 0.3) is 6.08 Å². The Balaban J connectivity index is 2.33. The lowest BCUT2D eigenvalue weighted by molar-refractivity contribution is -0.384. The summed E-state index contributed by atoms with van der Waals surface area (Å²) in [4.78, 5) is 22.8. The fourth-order valence-electron chi connectivity index (χ4n) is 2.17. The molecule has 28 heavy (non-hydrogen) atoms. The first-order valence-corrected chi connectivity index (χ1v) is 10.3. The molecule has 2 aromatic carbocycles. The van der Waals surface area contributed by atoms with Gasteiger partial charge in [-0.3, -0.25) is 14.9 Å². The van der Waals surface area contributed by atoms with Crippen LogP contribution in [0.4, 0.5) is 11.4 Å². The number of benzene rings is 2. The van der Waals surface area contributed by atoms with Gasteiger partial charge in [-0.25, -0.2) is 0 Å². The quantitative estimate of drug-likeness (QED) is 0.153. The Morgan fingerprint density at radius 1 is 1.36 bits per heavy atom. The van der Waals surface area contributed by atoms with Gasteiger partial charge in [0, 0.05) is 12.1 Å². The topological polar surface area (TPSA) is 105 Å². The maximum Gasteiger partial charge on any atom is 0.271 e. The average Bonchev–Trinajstić information content (AvgIpc) is 2.64. The summed E-state index contributed by atoms with van der Waals surface area (Å²) in [5, 5.41) is 22.8. The van der Waals surface area contributed by atoms with Crippen LogP contribution < -0.4 is 10.1 Å². The minimum absolute atomic E-state index is 0.0536. The van der Waals surface area contributed by atoms with Gasteiger partial charge >= 0.3 is 0 Å². The maximum absolute atomic E-state index is 12.5. The molecule has 1 amide bonds. The molecule has 144 valence electrons. The molecule has 0 aliphatic heterocycles. The Bertz CT molecular complexity index is 995. The van der Waals surface area contributed by atoms with Crippen molar-refractivity contribution in [1.29, 1.82) is 5.26 Å². The highest BCUT2D eigenvalue weighted by molar-refractivity contribution is 14.1. The molecule has 1 N–H and O–H groups in total. The van der Waals surface area contributed by atoms with Crippen molar-refractivity contribution in [1.82, 2.24) is 0 Å². The molecule has 7 nitrogen and oxygen atoms in total. The number of nitro groups is 1. The third-order valence-electron chi connectivity index (χ3n) is 3.39. The van der Waals surface area contributed by atoms with Crippen molar-refractivity contribution in [2.24, 2.45) is 0 Å². The lowest BCUT2D eigenvalue weighted by atomic mass is 10.1. The van der Waals surface area contributed by atoms with Gasteiger partial charge in [-0.15, -0.1) is 0 Å². The van der Waals surface area contributed by atoms with Crippen LogP contribution in [0.15, 0.2) is 35.9 Å². The lowest BCUT2D eigenvalue weighted by Gasteiger charge is -2.10. The van der Waals surface area contributed by atoms with E-state index < -0.39 is 10.8 Å². The standard InChI is InChI=1S/C18H12ClI2N3O4/c1-2-28-17-14(20)6-10(7-15(17)21)5-11(9-22)18(25)23-16-8-12(24(26)27)3-4-13(16)19/h3-8H,2H2,1H3,(H,23,25)/b11-5+. The molecule has 2 rings (SSSR count).